The number of likely N-dealkylation sites (tertiary alicyclic amines) is 1. The lowest BCUT2D eigenvalue weighted by molar-refractivity contribution is 0.0600. The predicted octanol–water partition coefficient (Wildman–Crippen LogP) is 0.804. The van der Waals surface area contributed by atoms with Gasteiger partial charge in [0.05, 0.1) is 18.4 Å². The average Bonchev–Trinajstić information content (AvgIpc) is 2.78. The monoisotopic (exact) mass is 261 g/mol. The molecule has 1 aromatic rings. The number of nitrogens with zero attached hydrogens (tertiary/aromatic N) is 2. The Morgan fingerprint density at radius 1 is 1.42 bits per heavy atom. The molecule has 102 valence electrons. The Hall–Kier alpha value is -1.46. The zero-order valence-electron chi connectivity index (χ0n) is 11.1. The van der Waals surface area contributed by atoms with Crippen LogP contribution in [0.5, 0.6) is 0 Å². The lowest BCUT2D eigenvalue weighted by Gasteiger charge is -2.32. The highest BCUT2D eigenvalue weighted by Gasteiger charge is 2.31. The van der Waals surface area contributed by atoms with E-state index >= 15 is 0 Å². The number of methoxy groups -OCH3 is 1. The van der Waals surface area contributed by atoms with Gasteiger partial charge in [0.15, 0.2) is 0 Å². The van der Waals surface area contributed by atoms with E-state index < -0.39 is 0 Å². The number of carbonyl (C=O) groups excluding carboxylic acids is 1. The minimum absolute atomic E-state index is 0.334. The smallest absolute Gasteiger partial charge is 0.339 e. The largest absolute Gasteiger partial charge is 0.465 e. The maximum Gasteiger partial charge on any atom is 0.339 e. The van der Waals surface area contributed by atoms with Gasteiger partial charge in [0, 0.05) is 37.9 Å². The number of pyridine rings is 1. The van der Waals surface area contributed by atoms with Crippen molar-refractivity contribution in [3.63, 3.8) is 0 Å². The molecule has 2 aliphatic rings. The lowest BCUT2D eigenvalue weighted by atomic mass is 10.2. The number of carbonyl (C=O) groups is 1. The number of esters is 1. The Balaban J connectivity index is 1.62. The summed E-state index contributed by atoms with van der Waals surface area (Å²) in [7, 11) is 1.38. The fourth-order valence-electron chi connectivity index (χ4n) is 3.00. The molecule has 2 fully saturated rings. The summed E-state index contributed by atoms with van der Waals surface area (Å²) >= 11 is 0. The molecule has 3 rings (SSSR count). The minimum Gasteiger partial charge on any atom is -0.465 e. The van der Waals surface area contributed by atoms with E-state index in [1.165, 1.54) is 20.0 Å². The van der Waals surface area contributed by atoms with E-state index in [1.807, 2.05) is 6.07 Å². The first-order valence-corrected chi connectivity index (χ1v) is 6.76. The molecule has 0 saturated carbocycles. The molecule has 2 bridgehead atoms. The van der Waals surface area contributed by atoms with Crippen LogP contribution in [0.25, 0.3) is 0 Å². The van der Waals surface area contributed by atoms with Gasteiger partial charge in [-0.3, -0.25) is 9.88 Å². The third-order valence-corrected chi connectivity index (χ3v) is 3.92. The molecule has 1 aromatic heterocycles. The zero-order chi connectivity index (χ0) is 13.2. The zero-order valence-corrected chi connectivity index (χ0v) is 11.1. The summed E-state index contributed by atoms with van der Waals surface area (Å²) < 4.78 is 4.66. The molecule has 0 aromatic carbocycles. The van der Waals surface area contributed by atoms with Crippen molar-refractivity contribution >= 4 is 5.97 Å². The molecule has 19 heavy (non-hydrogen) atoms. The summed E-state index contributed by atoms with van der Waals surface area (Å²) in [6, 6.07) is 4.99. The summed E-state index contributed by atoms with van der Waals surface area (Å²) in [5, 5.41) is 3.61. The highest BCUT2D eigenvalue weighted by atomic mass is 16.5. The first-order valence-electron chi connectivity index (χ1n) is 6.76. The van der Waals surface area contributed by atoms with Crippen LogP contribution >= 0.6 is 0 Å². The van der Waals surface area contributed by atoms with E-state index in [0.717, 1.165) is 25.3 Å². The number of ether oxygens (including phenoxy) is 1. The number of nitrogens with one attached hydrogen (secondary N) is 1. The van der Waals surface area contributed by atoms with E-state index in [-0.39, 0.29) is 5.97 Å². The quantitative estimate of drug-likeness (QED) is 0.816. The number of hydrogen-bond acceptors (Lipinski definition) is 5. The van der Waals surface area contributed by atoms with Crippen molar-refractivity contribution in [2.45, 2.75) is 31.5 Å². The van der Waals surface area contributed by atoms with Crippen molar-refractivity contribution < 1.29 is 9.53 Å². The molecule has 5 nitrogen and oxygen atoms in total. The topological polar surface area (TPSA) is 54.5 Å². The normalized spacial score (nSPS) is 26.4. The molecule has 0 aliphatic carbocycles. The maximum absolute atomic E-state index is 11.3. The van der Waals surface area contributed by atoms with Crippen LogP contribution in [0, 0.1) is 0 Å². The Kier molecular flexibility index (Phi) is 3.48. The second-order valence-electron chi connectivity index (χ2n) is 5.36. The van der Waals surface area contributed by atoms with Gasteiger partial charge in [0.25, 0.3) is 0 Å². The van der Waals surface area contributed by atoms with E-state index in [2.05, 4.69) is 19.9 Å². The summed E-state index contributed by atoms with van der Waals surface area (Å²) in [4.78, 5) is 18.1. The van der Waals surface area contributed by atoms with Crippen molar-refractivity contribution in [3.8, 4) is 0 Å². The van der Waals surface area contributed by atoms with E-state index in [9.17, 15) is 4.79 Å². The fourth-order valence-corrected chi connectivity index (χ4v) is 3.00. The van der Waals surface area contributed by atoms with Crippen molar-refractivity contribution in [1.82, 2.24) is 15.2 Å². The second kappa shape index (κ2) is 5.27. The van der Waals surface area contributed by atoms with Crippen LogP contribution in [0.15, 0.2) is 18.3 Å². The second-order valence-corrected chi connectivity index (χ2v) is 5.36. The van der Waals surface area contributed by atoms with Crippen LogP contribution < -0.4 is 5.32 Å². The van der Waals surface area contributed by atoms with Crippen molar-refractivity contribution in [3.05, 3.63) is 29.6 Å². The first-order chi connectivity index (χ1) is 9.24. The molecule has 0 spiro atoms. The van der Waals surface area contributed by atoms with Gasteiger partial charge in [-0.1, -0.05) is 0 Å². The highest BCUT2D eigenvalue weighted by Crippen LogP contribution is 2.21. The highest BCUT2D eigenvalue weighted by molar-refractivity contribution is 5.88. The average molecular weight is 261 g/mol. The van der Waals surface area contributed by atoms with Gasteiger partial charge in [-0.2, -0.15) is 0 Å². The first kappa shape index (κ1) is 12.6. The molecule has 0 amide bonds. The summed E-state index contributed by atoms with van der Waals surface area (Å²) in [5.74, 6) is -0.334. The molecule has 3 heterocycles. The van der Waals surface area contributed by atoms with Gasteiger partial charge in [-0.25, -0.2) is 4.79 Å². The molecule has 0 radical (unpaired) electrons. The van der Waals surface area contributed by atoms with Crippen LogP contribution in [-0.2, 0) is 11.3 Å². The number of aromatic nitrogens is 1. The Morgan fingerprint density at radius 3 is 2.74 bits per heavy atom. The van der Waals surface area contributed by atoms with Crippen LogP contribution in [0.1, 0.15) is 28.9 Å². The van der Waals surface area contributed by atoms with E-state index in [1.54, 1.807) is 12.3 Å². The van der Waals surface area contributed by atoms with Crippen LogP contribution in [0.3, 0.4) is 0 Å². The molecule has 1 N–H and O–H groups in total. The Labute approximate surface area is 113 Å². The van der Waals surface area contributed by atoms with Crippen molar-refractivity contribution in [1.29, 1.82) is 0 Å². The van der Waals surface area contributed by atoms with Crippen molar-refractivity contribution in [2.75, 3.05) is 20.2 Å². The van der Waals surface area contributed by atoms with Crippen molar-refractivity contribution in [2.24, 2.45) is 0 Å². The molecule has 2 aliphatic heterocycles. The molecule has 2 saturated heterocycles. The minimum atomic E-state index is -0.334. The molecular formula is C14H19N3O2. The molecule has 2 atom stereocenters. The van der Waals surface area contributed by atoms with Crippen LogP contribution in [0.4, 0.5) is 0 Å². The maximum atomic E-state index is 11.3. The molecule has 5 heteroatoms. The van der Waals surface area contributed by atoms with Crippen LogP contribution in [-0.4, -0.2) is 48.1 Å². The van der Waals surface area contributed by atoms with Gasteiger partial charge in [-0.15, -0.1) is 0 Å². The van der Waals surface area contributed by atoms with Gasteiger partial charge < -0.3 is 10.1 Å². The molecule has 2 unspecified atom stereocenters. The predicted molar refractivity (Wildman–Crippen MR) is 70.8 cm³/mol. The summed E-state index contributed by atoms with van der Waals surface area (Å²) in [6.45, 7) is 3.05. The van der Waals surface area contributed by atoms with E-state index in [0.29, 0.717) is 17.6 Å². The lowest BCUT2D eigenvalue weighted by Crippen LogP contribution is -2.50. The number of fused-ring (bicyclic) bond motifs is 2. The number of rotatable bonds is 3. The van der Waals surface area contributed by atoms with Crippen LogP contribution in [0.2, 0.25) is 0 Å². The molecular weight excluding hydrogens is 242 g/mol. The summed E-state index contributed by atoms with van der Waals surface area (Å²) in [6.07, 6.45) is 4.17. The van der Waals surface area contributed by atoms with Gasteiger partial charge in [0.1, 0.15) is 0 Å². The third kappa shape index (κ3) is 2.77. The van der Waals surface area contributed by atoms with E-state index in [4.69, 9.17) is 0 Å². The third-order valence-electron chi connectivity index (χ3n) is 3.92. The number of piperazine rings is 1. The van der Waals surface area contributed by atoms with Gasteiger partial charge in [-0.05, 0) is 25.0 Å². The summed E-state index contributed by atoms with van der Waals surface area (Å²) in [5.41, 5.74) is 1.51. The van der Waals surface area contributed by atoms with Gasteiger partial charge in [0.2, 0.25) is 0 Å². The standard InChI is InChI=1S/C14H19N3O2/c1-19-14(18)10-2-3-11(15-6-10)7-17-8-12-4-5-13(9-17)16-12/h2-3,6,12-13,16H,4-5,7-9H2,1H3. The van der Waals surface area contributed by atoms with Gasteiger partial charge >= 0.3 is 5.97 Å². The SMILES string of the molecule is COC(=O)c1ccc(CN2CC3CCC(C2)N3)nc1. The Bertz CT molecular complexity index is 448. The number of hydrogen-bond donors (Lipinski definition) is 1. The fraction of sp³-hybridized carbons (Fsp3) is 0.571. The Morgan fingerprint density at radius 2 is 2.16 bits per heavy atom.